The van der Waals surface area contributed by atoms with Gasteiger partial charge in [-0.15, -0.1) is 0 Å². The number of pyridine rings is 1. The van der Waals surface area contributed by atoms with Crippen LogP contribution in [0.15, 0.2) is 47.5 Å². The van der Waals surface area contributed by atoms with Gasteiger partial charge in [0.25, 0.3) is 5.91 Å². The Hall–Kier alpha value is -2.66. The van der Waals surface area contributed by atoms with Crippen molar-refractivity contribution >= 4 is 21.7 Å². The van der Waals surface area contributed by atoms with Gasteiger partial charge in [-0.1, -0.05) is 6.07 Å². The molecule has 0 aliphatic carbocycles. The van der Waals surface area contributed by atoms with E-state index in [-0.39, 0.29) is 23.0 Å². The lowest BCUT2D eigenvalue weighted by Crippen LogP contribution is -2.33. The SMILES string of the molecule is CC(C)N(C)S(=O)(=O)c1cccc(C(=O)NCCCNc2ccc(C(F)(F)F)cn2)c1. The molecule has 2 rings (SSSR count). The van der Waals surface area contributed by atoms with Crippen LogP contribution in [0.2, 0.25) is 0 Å². The number of anilines is 1. The normalized spacial score (nSPS) is 12.3. The number of carbonyl (C=O) groups excluding carboxylic acids is 1. The third kappa shape index (κ3) is 6.66. The Morgan fingerprint density at radius 1 is 1.16 bits per heavy atom. The molecule has 170 valence electrons. The van der Waals surface area contributed by atoms with Crippen molar-refractivity contribution in [1.29, 1.82) is 0 Å². The number of alkyl halides is 3. The van der Waals surface area contributed by atoms with Gasteiger partial charge in [-0.25, -0.2) is 13.4 Å². The van der Waals surface area contributed by atoms with Crippen molar-refractivity contribution in [2.75, 3.05) is 25.5 Å². The van der Waals surface area contributed by atoms with Crippen LogP contribution in [0, 0.1) is 0 Å². The molecule has 1 aromatic heterocycles. The number of hydrogen-bond acceptors (Lipinski definition) is 5. The zero-order valence-electron chi connectivity index (χ0n) is 17.4. The molecule has 1 amide bonds. The van der Waals surface area contributed by atoms with Crippen LogP contribution in [0.1, 0.15) is 36.2 Å². The molecule has 0 atom stereocenters. The van der Waals surface area contributed by atoms with E-state index in [1.54, 1.807) is 13.8 Å². The second-order valence-electron chi connectivity index (χ2n) is 7.11. The first-order chi connectivity index (χ1) is 14.4. The number of sulfonamides is 1. The molecule has 2 aromatic rings. The van der Waals surface area contributed by atoms with Gasteiger partial charge in [0.05, 0.1) is 10.5 Å². The van der Waals surface area contributed by atoms with E-state index in [9.17, 15) is 26.4 Å². The first-order valence-corrected chi connectivity index (χ1v) is 11.0. The summed E-state index contributed by atoms with van der Waals surface area (Å²) < 4.78 is 63.9. The van der Waals surface area contributed by atoms with E-state index in [1.165, 1.54) is 41.7 Å². The van der Waals surface area contributed by atoms with Crippen LogP contribution in [0.25, 0.3) is 0 Å². The largest absolute Gasteiger partial charge is 0.417 e. The van der Waals surface area contributed by atoms with Crippen molar-refractivity contribution in [1.82, 2.24) is 14.6 Å². The Kier molecular flexibility index (Phi) is 8.02. The lowest BCUT2D eigenvalue weighted by molar-refractivity contribution is -0.137. The fourth-order valence-electron chi connectivity index (χ4n) is 2.52. The van der Waals surface area contributed by atoms with Gasteiger partial charge >= 0.3 is 6.18 Å². The summed E-state index contributed by atoms with van der Waals surface area (Å²) in [4.78, 5) is 16.1. The summed E-state index contributed by atoms with van der Waals surface area (Å²) in [6.07, 6.45) is -3.19. The monoisotopic (exact) mass is 458 g/mol. The Morgan fingerprint density at radius 2 is 1.87 bits per heavy atom. The van der Waals surface area contributed by atoms with Gasteiger partial charge in [0.1, 0.15) is 5.82 Å². The Labute approximate surface area is 179 Å². The highest BCUT2D eigenvalue weighted by atomic mass is 32.2. The molecule has 0 aliphatic rings. The van der Waals surface area contributed by atoms with Gasteiger partial charge in [0.2, 0.25) is 10.0 Å². The summed E-state index contributed by atoms with van der Waals surface area (Å²) in [5.74, 6) is -0.122. The average molecular weight is 459 g/mol. The number of halogens is 3. The van der Waals surface area contributed by atoms with Crippen LogP contribution in [0.5, 0.6) is 0 Å². The van der Waals surface area contributed by atoms with Gasteiger partial charge in [0.15, 0.2) is 0 Å². The topological polar surface area (TPSA) is 91.4 Å². The summed E-state index contributed by atoms with van der Waals surface area (Å²) >= 11 is 0. The highest BCUT2D eigenvalue weighted by Crippen LogP contribution is 2.28. The van der Waals surface area contributed by atoms with E-state index in [0.29, 0.717) is 18.8 Å². The van der Waals surface area contributed by atoms with Gasteiger partial charge < -0.3 is 10.6 Å². The summed E-state index contributed by atoms with van der Waals surface area (Å²) in [6.45, 7) is 4.17. The minimum Gasteiger partial charge on any atom is -0.370 e. The third-order valence-electron chi connectivity index (χ3n) is 4.54. The zero-order valence-corrected chi connectivity index (χ0v) is 18.2. The maximum atomic E-state index is 12.6. The third-order valence-corrected chi connectivity index (χ3v) is 6.57. The first kappa shape index (κ1) is 24.6. The lowest BCUT2D eigenvalue weighted by Gasteiger charge is -2.21. The van der Waals surface area contributed by atoms with E-state index in [2.05, 4.69) is 15.6 Å². The van der Waals surface area contributed by atoms with Crippen LogP contribution >= 0.6 is 0 Å². The van der Waals surface area contributed by atoms with E-state index in [0.717, 1.165) is 12.3 Å². The minimum atomic E-state index is -4.43. The van der Waals surface area contributed by atoms with Crippen molar-refractivity contribution in [2.24, 2.45) is 0 Å². The molecule has 7 nitrogen and oxygen atoms in total. The molecule has 0 saturated carbocycles. The second-order valence-corrected chi connectivity index (χ2v) is 9.11. The summed E-state index contributed by atoms with van der Waals surface area (Å²) in [5.41, 5.74) is -0.607. The lowest BCUT2D eigenvalue weighted by atomic mass is 10.2. The highest BCUT2D eigenvalue weighted by Gasteiger charge is 2.30. The van der Waals surface area contributed by atoms with E-state index >= 15 is 0 Å². The fourth-order valence-corrected chi connectivity index (χ4v) is 3.93. The van der Waals surface area contributed by atoms with Gasteiger partial charge in [0, 0.05) is 37.9 Å². The second kappa shape index (κ2) is 10.1. The Morgan fingerprint density at radius 3 is 2.45 bits per heavy atom. The number of benzene rings is 1. The standard InChI is InChI=1S/C20H25F3N4O3S/c1-14(2)27(3)31(29,30)17-7-4-6-15(12-17)19(28)25-11-5-10-24-18-9-8-16(13-26-18)20(21,22)23/h4,6-9,12-14H,5,10-11H2,1-3H3,(H,24,26)(H,25,28). The van der Waals surface area contributed by atoms with Crippen LogP contribution in [0.3, 0.4) is 0 Å². The number of carbonyl (C=O) groups is 1. The van der Waals surface area contributed by atoms with E-state index in [1.807, 2.05) is 0 Å². The Bertz CT molecular complexity index is 993. The Balaban J connectivity index is 1.85. The highest BCUT2D eigenvalue weighted by molar-refractivity contribution is 7.89. The van der Waals surface area contributed by atoms with Gasteiger partial charge in [-0.2, -0.15) is 17.5 Å². The summed E-state index contributed by atoms with van der Waals surface area (Å²) in [5, 5.41) is 5.56. The van der Waals surface area contributed by atoms with Gasteiger partial charge in [-0.05, 0) is 50.6 Å². The van der Waals surface area contributed by atoms with Crippen molar-refractivity contribution in [2.45, 2.75) is 37.4 Å². The molecule has 0 radical (unpaired) electrons. The number of nitrogens with zero attached hydrogens (tertiary/aromatic N) is 2. The first-order valence-electron chi connectivity index (χ1n) is 9.56. The van der Waals surface area contributed by atoms with Crippen LogP contribution in [0.4, 0.5) is 19.0 Å². The van der Waals surface area contributed by atoms with Crippen molar-refractivity contribution in [3.8, 4) is 0 Å². The molecule has 0 saturated heterocycles. The molecule has 0 aliphatic heterocycles. The summed E-state index contributed by atoms with van der Waals surface area (Å²) in [6, 6.07) is 7.74. The number of nitrogens with one attached hydrogen (secondary N) is 2. The average Bonchev–Trinajstić information content (AvgIpc) is 2.72. The van der Waals surface area contributed by atoms with Crippen LogP contribution in [-0.2, 0) is 16.2 Å². The fraction of sp³-hybridized carbons (Fsp3) is 0.400. The molecule has 0 spiro atoms. The van der Waals surface area contributed by atoms with E-state index < -0.39 is 27.7 Å². The predicted molar refractivity (Wildman–Crippen MR) is 111 cm³/mol. The van der Waals surface area contributed by atoms with Gasteiger partial charge in [-0.3, -0.25) is 4.79 Å². The van der Waals surface area contributed by atoms with Crippen LogP contribution in [-0.4, -0.2) is 49.8 Å². The maximum absolute atomic E-state index is 12.6. The van der Waals surface area contributed by atoms with Crippen LogP contribution < -0.4 is 10.6 Å². The molecule has 1 aromatic carbocycles. The van der Waals surface area contributed by atoms with E-state index in [4.69, 9.17) is 0 Å². The quantitative estimate of drug-likeness (QED) is 0.563. The number of aromatic nitrogens is 1. The van der Waals surface area contributed by atoms with Crippen molar-refractivity contribution in [3.63, 3.8) is 0 Å². The molecule has 0 unspecified atom stereocenters. The smallest absolute Gasteiger partial charge is 0.370 e. The van der Waals surface area contributed by atoms with Crippen molar-refractivity contribution < 1.29 is 26.4 Å². The molecule has 11 heteroatoms. The maximum Gasteiger partial charge on any atom is 0.417 e. The predicted octanol–water partition coefficient (Wildman–Crippen LogP) is 3.36. The molecule has 0 bridgehead atoms. The number of rotatable bonds is 9. The number of hydrogen-bond donors (Lipinski definition) is 2. The molecule has 31 heavy (non-hydrogen) atoms. The molecular formula is C20H25F3N4O3S. The van der Waals surface area contributed by atoms with Crippen molar-refractivity contribution in [3.05, 3.63) is 53.7 Å². The molecule has 0 fully saturated rings. The number of amides is 1. The molecule has 2 N–H and O–H groups in total. The molecule has 1 heterocycles. The minimum absolute atomic E-state index is 0.0337. The summed E-state index contributed by atoms with van der Waals surface area (Å²) in [7, 11) is -2.22. The molecular weight excluding hydrogens is 433 g/mol. The zero-order chi connectivity index (χ0) is 23.2.